The molecule has 0 atom stereocenters. The van der Waals surface area contributed by atoms with Gasteiger partial charge in [0.2, 0.25) is 0 Å². The normalized spacial score (nSPS) is 11.0. The fourth-order valence-corrected chi connectivity index (χ4v) is 0.711. The molecule has 1 heteroatoms. The summed E-state index contributed by atoms with van der Waals surface area (Å²) in [6.45, 7) is 6.12. The van der Waals surface area contributed by atoms with Gasteiger partial charge in [-0.1, -0.05) is 23.3 Å². The van der Waals surface area contributed by atoms with E-state index < -0.39 is 0 Å². The number of carbonyl (C=O) groups excluding carboxylic acids is 1. The van der Waals surface area contributed by atoms with Crippen LogP contribution in [0.5, 0.6) is 0 Å². The largest absolute Gasteiger partial charge is 0.303 e. The zero-order valence-corrected chi connectivity index (χ0v) is 7.55. The molecule has 0 rings (SSSR count). The van der Waals surface area contributed by atoms with Crippen LogP contribution < -0.4 is 0 Å². The number of allylic oxidation sites excluding steroid dienone is 4. The van der Waals surface area contributed by atoms with Gasteiger partial charge < -0.3 is 4.79 Å². The van der Waals surface area contributed by atoms with E-state index in [1.807, 2.05) is 6.92 Å². The highest BCUT2D eigenvalue weighted by atomic mass is 16.1. The summed E-state index contributed by atoms with van der Waals surface area (Å²) in [6, 6.07) is 0. The zero-order chi connectivity index (χ0) is 8.69. The van der Waals surface area contributed by atoms with Gasteiger partial charge in [0, 0.05) is 6.42 Å². The standard InChI is InChI=1S/C10H16O/c1-9(2)5-4-6-10(3)7-8-11/h5-6,8H,4,7H2,1-3H3/b10-6-. The van der Waals surface area contributed by atoms with Gasteiger partial charge in [0.25, 0.3) is 0 Å². The van der Waals surface area contributed by atoms with Crippen molar-refractivity contribution < 1.29 is 4.79 Å². The van der Waals surface area contributed by atoms with Gasteiger partial charge in [-0.05, 0) is 27.2 Å². The van der Waals surface area contributed by atoms with Crippen molar-refractivity contribution in [2.75, 3.05) is 0 Å². The highest BCUT2D eigenvalue weighted by Gasteiger charge is 1.84. The van der Waals surface area contributed by atoms with E-state index in [-0.39, 0.29) is 0 Å². The summed E-state index contributed by atoms with van der Waals surface area (Å²) in [7, 11) is 0. The van der Waals surface area contributed by atoms with Gasteiger partial charge in [-0.2, -0.15) is 0 Å². The Morgan fingerprint density at radius 3 is 2.27 bits per heavy atom. The molecule has 0 N–H and O–H groups in total. The SMILES string of the molecule is CC(C)=CC/C=C(/C)CC=O. The Morgan fingerprint density at radius 2 is 1.82 bits per heavy atom. The van der Waals surface area contributed by atoms with Gasteiger partial charge in [-0.25, -0.2) is 0 Å². The lowest BCUT2D eigenvalue weighted by Crippen LogP contribution is -1.77. The van der Waals surface area contributed by atoms with Crippen LogP contribution in [-0.2, 0) is 4.79 Å². The average molecular weight is 152 g/mol. The first-order valence-electron chi connectivity index (χ1n) is 3.89. The molecular weight excluding hydrogens is 136 g/mol. The van der Waals surface area contributed by atoms with Gasteiger partial charge in [0.05, 0.1) is 0 Å². The Bertz CT molecular complexity index is 171. The molecule has 0 saturated carbocycles. The van der Waals surface area contributed by atoms with Crippen LogP contribution in [0.25, 0.3) is 0 Å². The van der Waals surface area contributed by atoms with Crippen molar-refractivity contribution >= 4 is 6.29 Å². The van der Waals surface area contributed by atoms with Crippen LogP contribution in [0.15, 0.2) is 23.3 Å². The van der Waals surface area contributed by atoms with Gasteiger partial charge >= 0.3 is 0 Å². The first kappa shape index (κ1) is 10.2. The van der Waals surface area contributed by atoms with Crippen molar-refractivity contribution in [2.45, 2.75) is 33.6 Å². The first-order chi connectivity index (χ1) is 5.16. The molecule has 0 aliphatic carbocycles. The molecular formula is C10H16O. The van der Waals surface area contributed by atoms with Gasteiger partial charge in [-0.15, -0.1) is 0 Å². The molecule has 1 nitrogen and oxygen atoms in total. The maximum absolute atomic E-state index is 10.1. The van der Waals surface area contributed by atoms with Gasteiger partial charge in [0.15, 0.2) is 0 Å². The van der Waals surface area contributed by atoms with Crippen molar-refractivity contribution in [1.29, 1.82) is 0 Å². The number of hydrogen-bond acceptors (Lipinski definition) is 1. The van der Waals surface area contributed by atoms with Crippen molar-refractivity contribution in [3.63, 3.8) is 0 Å². The van der Waals surface area contributed by atoms with Gasteiger partial charge in [0.1, 0.15) is 6.29 Å². The van der Waals surface area contributed by atoms with Crippen LogP contribution in [-0.4, -0.2) is 6.29 Å². The van der Waals surface area contributed by atoms with E-state index in [2.05, 4.69) is 26.0 Å². The molecule has 0 unspecified atom stereocenters. The van der Waals surface area contributed by atoms with E-state index in [1.54, 1.807) is 0 Å². The third kappa shape index (κ3) is 7.04. The Morgan fingerprint density at radius 1 is 1.18 bits per heavy atom. The highest BCUT2D eigenvalue weighted by molar-refractivity contribution is 5.53. The summed E-state index contributed by atoms with van der Waals surface area (Å²) in [4.78, 5) is 10.1. The number of aldehydes is 1. The summed E-state index contributed by atoms with van der Waals surface area (Å²) in [5.74, 6) is 0. The summed E-state index contributed by atoms with van der Waals surface area (Å²) < 4.78 is 0. The minimum Gasteiger partial charge on any atom is -0.303 e. The fourth-order valence-electron chi connectivity index (χ4n) is 0.711. The molecule has 0 aliphatic heterocycles. The van der Waals surface area contributed by atoms with E-state index in [1.165, 1.54) is 5.57 Å². The summed E-state index contributed by atoms with van der Waals surface area (Å²) in [5, 5.41) is 0. The number of hydrogen-bond donors (Lipinski definition) is 0. The number of rotatable bonds is 4. The van der Waals surface area contributed by atoms with Gasteiger partial charge in [-0.3, -0.25) is 0 Å². The molecule has 0 aliphatic rings. The molecule has 0 amide bonds. The third-order valence-corrected chi connectivity index (χ3v) is 1.40. The Hall–Kier alpha value is -0.850. The van der Waals surface area contributed by atoms with Crippen LogP contribution in [0, 0.1) is 0 Å². The minimum atomic E-state index is 0.566. The number of carbonyl (C=O) groups is 1. The first-order valence-corrected chi connectivity index (χ1v) is 3.89. The molecule has 0 saturated heterocycles. The van der Waals surface area contributed by atoms with Crippen LogP contribution in [0.1, 0.15) is 33.6 Å². The van der Waals surface area contributed by atoms with Crippen molar-refractivity contribution in [1.82, 2.24) is 0 Å². The predicted octanol–water partition coefficient (Wildman–Crippen LogP) is 2.88. The van der Waals surface area contributed by atoms with E-state index in [0.717, 1.165) is 18.3 Å². The topological polar surface area (TPSA) is 17.1 Å². The second-order valence-corrected chi connectivity index (χ2v) is 2.94. The second-order valence-electron chi connectivity index (χ2n) is 2.94. The Balaban J connectivity index is 3.73. The lowest BCUT2D eigenvalue weighted by molar-refractivity contribution is -0.107. The molecule has 0 fully saturated rings. The monoisotopic (exact) mass is 152 g/mol. The summed E-state index contributed by atoms with van der Waals surface area (Å²) in [6.07, 6.45) is 6.68. The Kier molecular flexibility index (Phi) is 5.44. The van der Waals surface area contributed by atoms with Crippen molar-refractivity contribution in [3.8, 4) is 0 Å². The third-order valence-electron chi connectivity index (χ3n) is 1.40. The fraction of sp³-hybridized carbons (Fsp3) is 0.500. The van der Waals surface area contributed by atoms with E-state index in [9.17, 15) is 4.79 Å². The smallest absolute Gasteiger partial charge is 0.124 e. The molecule has 0 spiro atoms. The maximum atomic E-state index is 10.1. The molecule has 0 aromatic heterocycles. The van der Waals surface area contributed by atoms with E-state index >= 15 is 0 Å². The van der Waals surface area contributed by atoms with Crippen LogP contribution in [0.3, 0.4) is 0 Å². The lowest BCUT2D eigenvalue weighted by atomic mass is 10.2. The van der Waals surface area contributed by atoms with Crippen molar-refractivity contribution in [2.24, 2.45) is 0 Å². The lowest BCUT2D eigenvalue weighted by Gasteiger charge is -1.91. The average Bonchev–Trinajstić information content (AvgIpc) is 1.87. The van der Waals surface area contributed by atoms with Crippen LogP contribution in [0.4, 0.5) is 0 Å². The second kappa shape index (κ2) is 5.90. The molecule has 0 heterocycles. The molecule has 0 aromatic rings. The summed E-state index contributed by atoms with van der Waals surface area (Å²) in [5.41, 5.74) is 2.47. The van der Waals surface area contributed by atoms with E-state index in [4.69, 9.17) is 0 Å². The quantitative estimate of drug-likeness (QED) is 0.447. The molecule has 0 bridgehead atoms. The maximum Gasteiger partial charge on any atom is 0.124 e. The zero-order valence-electron chi connectivity index (χ0n) is 7.55. The molecule has 11 heavy (non-hydrogen) atoms. The molecule has 0 radical (unpaired) electrons. The molecule has 62 valence electrons. The van der Waals surface area contributed by atoms with Crippen LogP contribution in [0.2, 0.25) is 0 Å². The summed E-state index contributed by atoms with van der Waals surface area (Å²) >= 11 is 0. The predicted molar refractivity (Wildman–Crippen MR) is 48.5 cm³/mol. The minimum absolute atomic E-state index is 0.566. The van der Waals surface area contributed by atoms with Crippen molar-refractivity contribution in [3.05, 3.63) is 23.3 Å². The van der Waals surface area contributed by atoms with E-state index in [0.29, 0.717) is 6.42 Å². The Labute approximate surface area is 68.8 Å². The highest BCUT2D eigenvalue weighted by Crippen LogP contribution is 2.01. The molecule has 0 aromatic carbocycles. The van der Waals surface area contributed by atoms with Crippen LogP contribution >= 0.6 is 0 Å².